The third-order valence-electron chi connectivity index (χ3n) is 3.12. The number of ketones is 1. The van der Waals surface area contributed by atoms with Gasteiger partial charge in [0.1, 0.15) is 0 Å². The highest BCUT2D eigenvalue weighted by atomic mass is 16.1. The fourth-order valence-corrected chi connectivity index (χ4v) is 1.73. The Hall–Kier alpha value is -1.11. The lowest BCUT2D eigenvalue weighted by Gasteiger charge is -2.19. The van der Waals surface area contributed by atoms with E-state index in [2.05, 4.69) is 32.6 Å². The van der Waals surface area contributed by atoms with Gasteiger partial charge in [-0.05, 0) is 37.2 Å². The second kappa shape index (κ2) is 5.29. The number of carbonyl (C=O) groups excluding carboxylic acids is 1. The summed E-state index contributed by atoms with van der Waals surface area (Å²) in [7, 11) is 0. The highest BCUT2D eigenvalue weighted by Crippen LogP contribution is 2.26. The maximum atomic E-state index is 11.8. The van der Waals surface area contributed by atoms with Crippen LogP contribution >= 0.6 is 0 Å². The molecule has 0 aromatic carbocycles. The minimum absolute atomic E-state index is 0.0865. The summed E-state index contributed by atoms with van der Waals surface area (Å²) in [4.78, 5) is 11.8. The van der Waals surface area contributed by atoms with Gasteiger partial charge in [-0.2, -0.15) is 0 Å². The lowest BCUT2D eigenvalue weighted by atomic mass is 9.85. The monoisotopic (exact) mass is 218 g/mol. The molecule has 0 aliphatic heterocycles. The quantitative estimate of drug-likeness (QED) is 0.595. The Morgan fingerprint density at radius 3 is 2.69 bits per heavy atom. The molecule has 0 fully saturated rings. The average molecular weight is 218 g/mol. The van der Waals surface area contributed by atoms with E-state index in [1.54, 1.807) is 0 Å². The van der Waals surface area contributed by atoms with E-state index in [9.17, 15) is 4.79 Å². The molecular formula is C15H22O. The van der Waals surface area contributed by atoms with Gasteiger partial charge in [-0.3, -0.25) is 4.79 Å². The Morgan fingerprint density at radius 2 is 2.00 bits per heavy atom. The minimum Gasteiger partial charge on any atom is -0.295 e. The van der Waals surface area contributed by atoms with E-state index in [1.165, 1.54) is 0 Å². The van der Waals surface area contributed by atoms with Crippen LogP contribution in [0.25, 0.3) is 0 Å². The summed E-state index contributed by atoms with van der Waals surface area (Å²) in [5.41, 5.74) is 2.14. The fraction of sp³-hybridized carbons (Fsp3) is 0.533. The zero-order valence-electron chi connectivity index (χ0n) is 10.7. The second-order valence-corrected chi connectivity index (χ2v) is 5.33. The summed E-state index contributed by atoms with van der Waals surface area (Å²) in [6.07, 6.45) is 9.74. The highest BCUT2D eigenvalue weighted by Gasteiger charge is 2.17. The molecule has 0 amide bonds. The van der Waals surface area contributed by atoms with Gasteiger partial charge in [-0.25, -0.2) is 0 Å². The molecule has 0 bridgehead atoms. The molecule has 0 aromatic rings. The van der Waals surface area contributed by atoms with Crippen LogP contribution in [0.5, 0.6) is 0 Å². The molecule has 0 saturated carbocycles. The normalized spacial score (nSPS) is 22.6. The first-order chi connectivity index (χ1) is 7.41. The average Bonchev–Trinajstić information content (AvgIpc) is 2.23. The van der Waals surface area contributed by atoms with Crippen LogP contribution in [0.15, 0.2) is 36.0 Å². The molecule has 0 radical (unpaired) electrons. The van der Waals surface area contributed by atoms with Crippen LogP contribution in [0.2, 0.25) is 0 Å². The van der Waals surface area contributed by atoms with Crippen LogP contribution in [0, 0.1) is 5.41 Å². The van der Waals surface area contributed by atoms with Gasteiger partial charge in [0.2, 0.25) is 0 Å². The number of Topliss-reactive ketones (excluding diaryl/α,β-unsaturated/α-hetero) is 1. The predicted octanol–water partition coefficient (Wildman–Crippen LogP) is 4.21. The van der Waals surface area contributed by atoms with Gasteiger partial charge >= 0.3 is 0 Å². The van der Waals surface area contributed by atoms with Gasteiger partial charge in [0.05, 0.1) is 0 Å². The van der Waals surface area contributed by atoms with Gasteiger partial charge in [-0.15, -0.1) is 0 Å². The molecule has 0 heterocycles. The summed E-state index contributed by atoms with van der Waals surface area (Å²) < 4.78 is 0. The summed E-state index contributed by atoms with van der Waals surface area (Å²) in [6.45, 7) is 10.3. The molecule has 0 unspecified atom stereocenters. The molecular weight excluding hydrogens is 196 g/mol. The van der Waals surface area contributed by atoms with Gasteiger partial charge in [-0.1, -0.05) is 44.2 Å². The molecule has 1 rings (SSSR count). The smallest absolute Gasteiger partial charge is 0.158 e. The zero-order chi connectivity index (χ0) is 12.2. The van der Waals surface area contributed by atoms with E-state index in [-0.39, 0.29) is 11.2 Å². The van der Waals surface area contributed by atoms with Crippen LogP contribution in [-0.2, 0) is 4.79 Å². The topological polar surface area (TPSA) is 17.1 Å². The Labute approximate surface area is 98.9 Å². The van der Waals surface area contributed by atoms with Crippen molar-refractivity contribution in [3.05, 3.63) is 36.0 Å². The third-order valence-corrected chi connectivity index (χ3v) is 3.12. The Balaban J connectivity index is 2.85. The molecule has 0 saturated heterocycles. The van der Waals surface area contributed by atoms with Crippen molar-refractivity contribution >= 4 is 5.78 Å². The minimum atomic E-state index is 0.0865. The van der Waals surface area contributed by atoms with E-state index in [1.807, 2.05) is 13.0 Å². The Morgan fingerprint density at radius 1 is 1.31 bits per heavy atom. The lowest BCUT2D eigenvalue weighted by molar-refractivity contribution is -0.115. The van der Waals surface area contributed by atoms with E-state index >= 15 is 0 Å². The molecule has 0 spiro atoms. The standard InChI is InChI=1S/C15H22O/c1-12-6-5-7-13(2)14(16)9-11-15(3,4)10-8-12/h7-8,10H,1,5-6,9,11H2,2-4H3. The van der Waals surface area contributed by atoms with Crippen LogP contribution in [-0.4, -0.2) is 5.78 Å². The molecule has 16 heavy (non-hydrogen) atoms. The maximum Gasteiger partial charge on any atom is 0.158 e. The van der Waals surface area contributed by atoms with Gasteiger partial charge < -0.3 is 0 Å². The third kappa shape index (κ3) is 4.18. The first kappa shape index (κ1) is 13.0. The lowest BCUT2D eigenvalue weighted by Crippen LogP contribution is -2.11. The van der Waals surface area contributed by atoms with Crippen LogP contribution in [0.3, 0.4) is 0 Å². The van der Waals surface area contributed by atoms with Crippen molar-refractivity contribution in [2.24, 2.45) is 5.41 Å². The summed E-state index contributed by atoms with van der Waals surface area (Å²) in [5.74, 6) is 0.286. The Kier molecular flexibility index (Phi) is 4.28. The number of allylic oxidation sites excluding steroid dienone is 5. The van der Waals surface area contributed by atoms with E-state index in [4.69, 9.17) is 0 Å². The van der Waals surface area contributed by atoms with Crippen molar-refractivity contribution in [2.75, 3.05) is 0 Å². The molecule has 1 heteroatoms. The SMILES string of the molecule is C=C1C=CC(C)(C)CCC(=O)C(C)=CCC1. The summed E-state index contributed by atoms with van der Waals surface area (Å²) >= 11 is 0. The highest BCUT2D eigenvalue weighted by molar-refractivity contribution is 5.94. The van der Waals surface area contributed by atoms with Crippen molar-refractivity contribution in [3.63, 3.8) is 0 Å². The summed E-state index contributed by atoms with van der Waals surface area (Å²) in [6, 6.07) is 0. The molecule has 0 atom stereocenters. The van der Waals surface area contributed by atoms with Crippen molar-refractivity contribution < 1.29 is 4.79 Å². The molecule has 88 valence electrons. The van der Waals surface area contributed by atoms with Crippen LogP contribution < -0.4 is 0 Å². The second-order valence-electron chi connectivity index (χ2n) is 5.33. The largest absolute Gasteiger partial charge is 0.295 e. The van der Waals surface area contributed by atoms with Gasteiger partial charge in [0.15, 0.2) is 5.78 Å². The summed E-state index contributed by atoms with van der Waals surface area (Å²) in [5, 5.41) is 0. The predicted molar refractivity (Wildman–Crippen MR) is 69.3 cm³/mol. The molecule has 0 N–H and O–H groups in total. The van der Waals surface area contributed by atoms with Crippen molar-refractivity contribution in [1.82, 2.24) is 0 Å². The van der Waals surface area contributed by atoms with Crippen molar-refractivity contribution in [1.29, 1.82) is 0 Å². The fourth-order valence-electron chi connectivity index (χ4n) is 1.73. The van der Waals surface area contributed by atoms with E-state index in [0.717, 1.165) is 30.4 Å². The number of hydrogen-bond acceptors (Lipinski definition) is 1. The van der Waals surface area contributed by atoms with Crippen LogP contribution in [0.1, 0.15) is 46.5 Å². The first-order valence-electron chi connectivity index (χ1n) is 5.98. The van der Waals surface area contributed by atoms with Gasteiger partial charge in [0, 0.05) is 6.42 Å². The molecule has 1 aliphatic carbocycles. The number of rotatable bonds is 0. The molecule has 0 aromatic heterocycles. The number of carbonyl (C=O) groups is 1. The zero-order valence-corrected chi connectivity index (χ0v) is 10.7. The number of hydrogen-bond donors (Lipinski definition) is 0. The van der Waals surface area contributed by atoms with Gasteiger partial charge in [0.25, 0.3) is 0 Å². The Bertz CT molecular complexity index is 342. The van der Waals surface area contributed by atoms with Crippen LogP contribution in [0.4, 0.5) is 0 Å². The molecule has 1 aliphatic rings. The molecule has 1 nitrogen and oxygen atoms in total. The van der Waals surface area contributed by atoms with E-state index in [0.29, 0.717) is 6.42 Å². The maximum absolute atomic E-state index is 11.8. The first-order valence-corrected chi connectivity index (χ1v) is 5.98. The van der Waals surface area contributed by atoms with E-state index < -0.39 is 0 Å². The van der Waals surface area contributed by atoms with Crippen molar-refractivity contribution in [3.8, 4) is 0 Å². The van der Waals surface area contributed by atoms with Crippen molar-refractivity contribution in [2.45, 2.75) is 46.5 Å².